The van der Waals surface area contributed by atoms with Gasteiger partial charge in [-0.2, -0.15) is 0 Å². The minimum atomic E-state index is 0.744. The van der Waals surface area contributed by atoms with E-state index >= 15 is 0 Å². The quantitative estimate of drug-likeness (QED) is 0.852. The Morgan fingerprint density at radius 1 is 1.21 bits per heavy atom. The molecule has 0 saturated carbocycles. The summed E-state index contributed by atoms with van der Waals surface area (Å²) in [6, 6.07) is 7.78. The van der Waals surface area contributed by atoms with Crippen LogP contribution in [0.15, 0.2) is 34.2 Å². The fourth-order valence-corrected chi connectivity index (χ4v) is 2.87. The molecule has 5 heteroatoms. The first-order valence-corrected chi connectivity index (χ1v) is 7.32. The van der Waals surface area contributed by atoms with Gasteiger partial charge in [-0.3, -0.25) is 0 Å². The molecule has 0 aliphatic heterocycles. The maximum atomic E-state index is 6.19. The van der Waals surface area contributed by atoms with E-state index in [2.05, 4.69) is 22.2 Å². The van der Waals surface area contributed by atoms with Gasteiger partial charge in [0, 0.05) is 17.0 Å². The van der Waals surface area contributed by atoms with Crippen LogP contribution in [0.1, 0.15) is 18.3 Å². The number of nitrogens with one attached hydrogen (secondary N) is 1. The fraction of sp³-hybridized carbons (Fsp3) is 0.286. The summed E-state index contributed by atoms with van der Waals surface area (Å²) in [5, 5.41) is 4.94. The third-order valence-electron chi connectivity index (χ3n) is 2.60. The van der Waals surface area contributed by atoms with Gasteiger partial charge >= 0.3 is 0 Å². The van der Waals surface area contributed by atoms with Crippen LogP contribution in [0, 0.1) is 13.8 Å². The number of hydrogen-bond acceptors (Lipinski definition) is 4. The van der Waals surface area contributed by atoms with Crippen molar-refractivity contribution >= 4 is 29.2 Å². The Morgan fingerprint density at radius 3 is 2.63 bits per heavy atom. The molecule has 3 nitrogen and oxygen atoms in total. The Kier molecular flexibility index (Phi) is 4.66. The molecule has 19 heavy (non-hydrogen) atoms. The van der Waals surface area contributed by atoms with Crippen LogP contribution in [-0.4, -0.2) is 16.5 Å². The first-order chi connectivity index (χ1) is 9.11. The molecule has 0 unspecified atom stereocenters. The Labute approximate surface area is 122 Å². The van der Waals surface area contributed by atoms with Crippen molar-refractivity contribution in [1.82, 2.24) is 9.97 Å². The monoisotopic (exact) mass is 293 g/mol. The molecule has 1 N–H and O–H groups in total. The molecular weight excluding hydrogens is 278 g/mol. The zero-order valence-corrected chi connectivity index (χ0v) is 12.8. The van der Waals surface area contributed by atoms with Crippen molar-refractivity contribution in [2.45, 2.75) is 30.7 Å². The van der Waals surface area contributed by atoms with Gasteiger partial charge in [0.2, 0.25) is 0 Å². The van der Waals surface area contributed by atoms with Crippen LogP contribution >= 0.6 is 23.4 Å². The highest BCUT2D eigenvalue weighted by Crippen LogP contribution is 2.35. The van der Waals surface area contributed by atoms with Crippen LogP contribution in [0.3, 0.4) is 0 Å². The van der Waals surface area contributed by atoms with Crippen molar-refractivity contribution in [3.8, 4) is 0 Å². The highest BCUT2D eigenvalue weighted by Gasteiger charge is 2.11. The van der Waals surface area contributed by atoms with E-state index in [4.69, 9.17) is 11.6 Å². The van der Waals surface area contributed by atoms with Gasteiger partial charge in [-0.15, -0.1) is 0 Å². The lowest BCUT2D eigenvalue weighted by molar-refractivity contribution is 0.932. The van der Waals surface area contributed by atoms with E-state index in [9.17, 15) is 0 Å². The van der Waals surface area contributed by atoms with E-state index in [1.165, 1.54) is 0 Å². The van der Waals surface area contributed by atoms with E-state index in [-0.39, 0.29) is 0 Å². The van der Waals surface area contributed by atoms with E-state index in [0.29, 0.717) is 0 Å². The summed E-state index contributed by atoms with van der Waals surface area (Å²) >= 11 is 7.76. The van der Waals surface area contributed by atoms with Crippen LogP contribution in [0.2, 0.25) is 5.02 Å². The normalized spacial score (nSPS) is 10.5. The molecule has 1 heterocycles. The van der Waals surface area contributed by atoms with Crippen molar-refractivity contribution in [1.29, 1.82) is 0 Å². The van der Waals surface area contributed by atoms with Gasteiger partial charge in [-0.05, 0) is 32.9 Å². The lowest BCUT2D eigenvalue weighted by Gasteiger charge is -2.12. The van der Waals surface area contributed by atoms with E-state index in [0.717, 1.165) is 38.7 Å². The second kappa shape index (κ2) is 6.26. The lowest BCUT2D eigenvalue weighted by Crippen LogP contribution is -2.05. The largest absolute Gasteiger partial charge is 0.370 e. The Morgan fingerprint density at radius 2 is 1.95 bits per heavy atom. The summed E-state index contributed by atoms with van der Waals surface area (Å²) in [7, 11) is 0. The zero-order chi connectivity index (χ0) is 13.8. The molecule has 0 spiro atoms. The number of aromatic nitrogens is 2. The molecule has 0 atom stereocenters. The molecule has 0 aliphatic carbocycles. The number of hydrogen-bond donors (Lipinski definition) is 1. The Balaban J connectivity index is 2.37. The van der Waals surface area contributed by atoms with Crippen LogP contribution in [0.25, 0.3) is 0 Å². The van der Waals surface area contributed by atoms with Crippen molar-refractivity contribution < 1.29 is 0 Å². The number of nitrogens with zero attached hydrogens (tertiary/aromatic N) is 2. The summed E-state index contributed by atoms with van der Waals surface area (Å²) in [4.78, 5) is 9.93. The fourth-order valence-electron chi connectivity index (χ4n) is 1.67. The molecule has 0 radical (unpaired) electrons. The molecule has 0 aliphatic rings. The highest BCUT2D eigenvalue weighted by molar-refractivity contribution is 7.99. The van der Waals surface area contributed by atoms with E-state index < -0.39 is 0 Å². The molecule has 1 aromatic carbocycles. The summed E-state index contributed by atoms with van der Waals surface area (Å²) < 4.78 is 0. The second-order valence-corrected chi connectivity index (χ2v) is 5.55. The van der Waals surface area contributed by atoms with Gasteiger partial charge in [0.25, 0.3) is 0 Å². The maximum Gasteiger partial charge on any atom is 0.133 e. The molecule has 0 saturated heterocycles. The summed E-state index contributed by atoms with van der Waals surface area (Å²) in [6.45, 7) is 6.82. The van der Waals surface area contributed by atoms with Crippen molar-refractivity contribution in [2.75, 3.05) is 11.9 Å². The molecule has 2 rings (SSSR count). The molecule has 2 aromatic rings. The molecule has 0 amide bonds. The van der Waals surface area contributed by atoms with E-state index in [1.807, 2.05) is 38.1 Å². The van der Waals surface area contributed by atoms with Gasteiger partial charge in [0.15, 0.2) is 0 Å². The first kappa shape index (κ1) is 14.2. The van der Waals surface area contributed by atoms with Crippen molar-refractivity contribution in [3.63, 3.8) is 0 Å². The number of benzene rings is 1. The Hall–Kier alpha value is -1.26. The van der Waals surface area contributed by atoms with Gasteiger partial charge < -0.3 is 5.32 Å². The molecule has 1 aromatic heterocycles. The summed E-state index contributed by atoms with van der Waals surface area (Å²) in [6.07, 6.45) is 0. The van der Waals surface area contributed by atoms with Gasteiger partial charge in [0.1, 0.15) is 16.7 Å². The standard InChI is InChI=1S/C14H16ClN3S/c1-4-16-13-9(2)14(18-10(3)17-13)19-12-8-6-5-7-11(12)15/h5-8H,4H2,1-3H3,(H,16,17,18). The number of halogens is 1. The summed E-state index contributed by atoms with van der Waals surface area (Å²) in [5.41, 5.74) is 1.05. The predicted octanol–water partition coefficient (Wildman–Crippen LogP) is 4.33. The zero-order valence-electron chi connectivity index (χ0n) is 11.2. The maximum absolute atomic E-state index is 6.19. The summed E-state index contributed by atoms with van der Waals surface area (Å²) in [5.74, 6) is 1.65. The third-order valence-corrected chi connectivity index (χ3v) is 4.21. The average Bonchev–Trinajstić information content (AvgIpc) is 2.38. The SMILES string of the molecule is CCNc1nc(C)nc(Sc2ccccc2Cl)c1C. The second-order valence-electron chi connectivity index (χ2n) is 4.11. The van der Waals surface area contributed by atoms with Gasteiger partial charge in [-0.25, -0.2) is 9.97 Å². The Bertz CT molecular complexity index is 587. The van der Waals surface area contributed by atoms with Crippen LogP contribution in [0.5, 0.6) is 0 Å². The highest BCUT2D eigenvalue weighted by atomic mass is 35.5. The average molecular weight is 294 g/mol. The van der Waals surface area contributed by atoms with Crippen molar-refractivity contribution in [2.24, 2.45) is 0 Å². The van der Waals surface area contributed by atoms with Crippen LogP contribution in [-0.2, 0) is 0 Å². The van der Waals surface area contributed by atoms with E-state index in [1.54, 1.807) is 11.8 Å². The third kappa shape index (κ3) is 3.39. The predicted molar refractivity (Wildman–Crippen MR) is 81.2 cm³/mol. The molecule has 0 fully saturated rings. The first-order valence-electron chi connectivity index (χ1n) is 6.13. The number of anilines is 1. The number of aryl methyl sites for hydroxylation is 1. The molecule has 0 bridgehead atoms. The molecular formula is C14H16ClN3S. The topological polar surface area (TPSA) is 37.8 Å². The van der Waals surface area contributed by atoms with Gasteiger partial charge in [-0.1, -0.05) is 35.5 Å². The lowest BCUT2D eigenvalue weighted by atomic mass is 10.3. The van der Waals surface area contributed by atoms with Crippen LogP contribution in [0.4, 0.5) is 5.82 Å². The minimum absolute atomic E-state index is 0.744. The minimum Gasteiger partial charge on any atom is -0.370 e. The molecule has 100 valence electrons. The van der Waals surface area contributed by atoms with Crippen LogP contribution < -0.4 is 5.32 Å². The smallest absolute Gasteiger partial charge is 0.133 e. The van der Waals surface area contributed by atoms with Gasteiger partial charge in [0.05, 0.1) is 5.02 Å². The number of rotatable bonds is 4. The van der Waals surface area contributed by atoms with Crippen molar-refractivity contribution in [3.05, 3.63) is 40.7 Å².